The van der Waals surface area contributed by atoms with Gasteiger partial charge in [-0.25, -0.2) is 0 Å². The predicted molar refractivity (Wildman–Crippen MR) is 134 cm³/mol. The van der Waals surface area contributed by atoms with E-state index < -0.39 is 9.06 Å². The van der Waals surface area contributed by atoms with Crippen molar-refractivity contribution in [3.05, 3.63) is 41.5 Å². The first-order valence-corrected chi connectivity index (χ1v) is 14.3. The molecule has 0 heterocycles. The maximum atomic E-state index is 10.7. The van der Waals surface area contributed by atoms with Gasteiger partial charge in [-0.3, -0.25) is 0 Å². The molecule has 2 N–H and O–H groups in total. The van der Waals surface area contributed by atoms with Gasteiger partial charge in [0.25, 0.3) is 0 Å². The number of rotatable bonds is 7. The zero-order chi connectivity index (χ0) is 22.2. The van der Waals surface area contributed by atoms with E-state index in [1.54, 1.807) is 10.8 Å². The minimum Gasteiger partial charge on any atom is -0.507 e. The summed E-state index contributed by atoms with van der Waals surface area (Å²) in [5, 5.41) is 21.4. The van der Waals surface area contributed by atoms with Crippen LogP contribution in [0, 0.1) is 0 Å². The highest BCUT2D eigenvalue weighted by molar-refractivity contribution is 8.93. The smallest absolute Gasteiger partial charge is 0.143 e. The van der Waals surface area contributed by atoms with Crippen LogP contribution in [0.25, 0.3) is 0 Å². The summed E-state index contributed by atoms with van der Waals surface area (Å²) in [5.41, 5.74) is 2.46. The molecule has 0 aromatic heterocycles. The first kappa shape index (κ1) is 24.4. The summed E-state index contributed by atoms with van der Waals surface area (Å²) in [5.74, 6) is 0.544. The SMILES string of the molecule is CCC(C)(C)c1cc(S)c(O)c(SS(C)(C)c2cc(C(C)(C)CC)ccc2O)c1. The molecule has 0 amide bonds. The third-order valence-corrected chi connectivity index (χ3v) is 11.1. The Kier molecular flexibility index (Phi) is 7.29. The van der Waals surface area contributed by atoms with Gasteiger partial charge in [-0.05, 0) is 71.6 Å². The van der Waals surface area contributed by atoms with Gasteiger partial charge in [-0.1, -0.05) is 58.4 Å². The van der Waals surface area contributed by atoms with Gasteiger partial charge in [0.2, 0.25) is 0 Å². The standard InChI is InChI=1S/C24H36O2S3/c1-9-23(3,4)16-11-12-18(25)21(15-16)29(7,8)28-20-14-17(24(5,6)10-2)13-19(27)22(20)26/h11-15,25-27H,9-10H2,1-8H3. The molecule has 0 spiro atoms. The number of phenols is 2. The summed E-state index contributed by atoms with van der Waals surface area (Å²) < 4.78 is 0. The van der Waals surface area contributed by atoms with E-state index in [0.29, 0.717) is 10.6 Å². The van der Waals surface area contributed by atoms with Crippen molar-refractivity contribution >= 4 is 32.5 Å². The Morgan fingerprint density at radius 2 is 1.45 bits per heavy atom. The van der Waals surface area contributed by atoms with Crippen molar-refractivity contribution in [3.63, 3.8) is 0 Å². The van der Waals surface area contributed by atoms with Crippen LogP contribution in [0.15, 0.2) is 45.0 Å². The molecule has 0 radical (unpaired) electrons. The molecular formula is C24H36O2S3. The highest BCUT2D eigenvalue weighted by atomic mass is 33.2. The molecule has 5 heteroatoms. The molecule has 0 saturated carbocycles. The summed E-state index contributed by atoms with van der Waals surface area (Å²) >= 11 is 4.53. The fourth-order valence-electron chi connectivity index (χ4n) is 3.05. The van der Waals surface area contributed by atoms with Gasteiger partial charge in [0, 0.05) is 9.79 Å². The number of benzene rings is 2. The fourth-order valence-corrected chi connectivity index (χ4v) is 7.67. The van der Waals surface area contributed by atoms with Crippen molar-refractivity contribution in [2.45, 2.75) is 79.9 Å². The number of aromatic hydroxyl groups is 2. The summed E-state index contributed by atoms with van der Waals surface area (Å²) in [7, 11) is 0.176. The average molecular weight is 453 g/mol. The number of hydrogen-bond donors (Lipinski definition) is 3. The highest BCUT2D eigenvalue weighted by Gasteiger charge is 2.28. The van der Waals surface area contributed by atoms with Gasteiger partial charge in [0.15, 0.2) is 0 Å². The Morgan fingerprint density at radius 1 is 0.897 bits per heavy atom. The van der Waals surface area contributed by atoms with Gasteiger partial charge < -0.3 is 10.2 Å². The van der Waals surface area contributed by atoms with Crippen LogP contribution in [0.4, 0.5) is 0 Å². The second-order valence-electron chi connectivity index (χ2n) is 9.32. The largest absolute Gasteiger partial charge is 0.507 e. The van der Waals surface area contributed by atoms with Crippen molar-refractivity contribution in [3.8, 4) is 11.5 Å². The van der Waals surface area contributed by atoms with Crippen LogP contribution in [0.3, 0.4) is 0 Å². The summed E-state index contributed by atoms with van der Waals surface area (Å²) in [6.45, 7) is 13.2. The Hall–Kier alpha value is -0.910. The first-order valence-electron chi connectivity index (χ1n) is 10.1. The molecule has 0 aliphatic carbocycles. The Balaban J connectivity index is 2.53. The molecule has 0 saturated heterocycles. The van der Waals surface area contributed by atoms with Gasteiger partial charge in [-0.15, -0.1) is 12.6 Å². The van der Waals surface area contributed by atoms with E-state index in [0.717, 1.165) is 22.6 Å². The maximum Gasteiger partial charge on any atom is 0.143 e. The topological polar surface area (TPSA) is 40.5 Å². The van der Waals surface area contributed by atoms with E-state index in [2.05, 4.69) is 78.8 Å². The fraction of sp³-hybridized carbons (Fsp3) is 0.500. The van der Waals surface area contributed by atoms with E-state index in [1.165, 1.54) is 11.1 Å². The maximum absolute atomic E-state index is 10.7. The van der Waals surface area contributed by atoms with Crippen molar-refractivity contribution in [1.29, 1.82) is 0 Å². The van der Waals surface area contributed by atoms with Gasteiger partial charge >= 0.3 is 0 Å². The van der Waals surface area contributed by atoms with Crippen LogP contribution in [-0.4, -0.2) is 22.7 Å². The lowest BCUT2D eigenvalue weighted by molar-refractivity contribution is 0.444. The number of phenolic OH excluding ortho intramolecular Hbond substituents is 2. The summed E-state index contributed by atoms with van der Waals surface area (Å²) in [6.07, 6.45) is 6.37. The normalized spacial score (nSPS) is 13.6. The minimum atomic E-state index is -1.47. The van der Waals surface area contributed by atoms with Gasteiger partial charge in [0.1, 0.15) is 11.5 Å². The van der Waals surface area contributed by atoms with Crippen LogP contribution in [0.2, 0.25) is 0 Å². The molecule has 0 aliphatic rings. The second kappa shape index (κ2) is 8.68. The predicted octanol–water partition coefficient (Wildman–Crippen LogP) is 7.89. The van der Waals surface area contributed by atoms with Crippen molar-refractivity contribution in [2.75, 3.05) is 12.5 Å². The number of thiol groups is 1. The van der Waals surface area contributed by atoms with Gasteiger partial charge in [-0.2, -0.15) is 9.06 Å². The molecule has 2 rings (SSSR count). The molecule has 0 fully saturated rings. The molecule has 2 aromatic carbocycles. The van der Waals surface area contributed by atoms with Crippen molar-refractivity contribution in [2.24, 2.45) is 0 Å². The van der Waals surface area contributed by atoms with Crippen LogP contribution >= 0.6 is 32.5 Å². The van der Waals surface area contributed by atoms with Crippen LogP contribution in [0.5, 0.6) is 11.5 Å². The van der Waals surface area contributed by atoms with E-state index in [-0.39, 0.29) is 16.6 Å². The van der Waals surface area contributed by atoms with Crippen LogP contribution in [-0.2, 0) is 10.8 Å². The average Bonchev–Trinajstić information content (AvgIpc) is 2.64. The molecule has 162 valence electrons. The molecule has 0 atom stereocenters. The van der Waals surface area contributed by atoms with Crippen LogP contribution < -0.4 is 0 Å². The summed E-state index contributed by atoms with van der Waals surface area (Å²) in [4.78, 5) is 2.39. The molecule has 0 aliphatic heterocycles. The highest BCUT2D eigenvalue weighted by Crippen LogP contribution is 2.67. The monoisotopic (exact) mass is 452 g/mol. The Labute approximate surface area is 187 Å². The Morgan fingerprint density at radius 3 is 2.00 bits per heavy atom. The zero-order valence-electron chi connectivity index (χ0n) is 19.0. The molecule has 2 aromatic rings. The van der Waals surface area contributed by atoms with Crippen LogP contribution in [0.1, 0.15) is 65.5 Å². The summed E-state index contributed by atoms with van der Waals surface area (Å²) in [6, 6.07) is 10.1. The lowest BCUT2D eigenvalue weighted by Gasteiger charge is -2.34. The van der Waals surface area contributed by atoms with Crippen molar-refractivity contribution < 1.29 is 10.2 Å². The second-order valence-corrected chi connectivity index (χ2v) is 16.3. The Bertz CT molecular complexity index is 886. The molecule has 2 nitrogen and oxygen atoms in total. The number of hydrogen-bond acceptors (Lipinski definition) is 4. The molecule has 0 bridgehead atoms. The quantitative estimate of drug-likeness (QED) is 0.295. The third kappa shape index (κ3) is 5.23. The third-order valence-electron chi connectivity index (χ3n) is 6.17. The van der Waals surface area contributed by atoms with Gasteiger partial charge in [0.05, 0.1) is 4.90 Å². The van der Waals surface area contributed by atoms with Crippen molar-refractivity contribution in [1.82, 2.24) is 0 Å². The first-order chi connectivity index (χ1) is 13.2. The zero-order valence-corrected chi connectivity index (χ0v) is 21.5. The molecule has 29 heavy (non-hydrogen) atoms. The molecular weight excluding hydrogens is 416 g/mol. The lowest BCUT2D eigenvalue weighted by atomic mass is 9.82. The molecule has 0 unspecified atom stereocenters. The minimum absolute atomic E-state index is 0.00711. The lowest BCUT2D eigenvalue weighted by Crippen LogP contribution is -2.16. The van der Waals surface area contributed by atoms with E-state index >= 15 is 0 Å². The van der Waals surface area contributed by atoms with E-state index in [1.807, 2.05) is 18.2 Å². The van der Waals surface area contributed by atoms with E-state index in [9.17, 15) is 10.2 Å². The van der Waals surface area contributed by atoms with E-state index in [4.69, 9.17) is 0 Å².